The smallest absolute Gasteiger partial charge is 0.339 e. The molecule has 0 unspecified atom stereocenters. The van der Waals surface area contributed by atoms with Crippen molar-refractivity contribution in [1.29, 1.82) is 0 Å². The molecule has 0 aliphatic carbocycles. The van der Waals surface area contributed by atoms with Crippen LogP contribution in [0.4, 0.5) is 4.39 Å². The van der Waals surface area contributed by atoms with Crippen LogP contribution in [-0.4, -0.2) is 16.2 Å². The molecule has 0 N–H and O–H groups in total. The highest BCUT2D eigenvalue weighted by molar-refractivity contribution is 5.89. The van der Waals surface area contributed by atoms with Gasteiger partial charge in [0.2, 0.25) is 5.89 Å². The number of esters is 1. The van der Waals surface area contributed by atoms with E-state index in [9.17, 15) is 9.18 Å². The molecule has 5 nitrogen and oxygen atoms in total. The molecule has 0 aliphatic rings. The standard InChI is InChI=1S/C17H13FN2O3/c1-11(22-17(21)13-8-5-9-14(18)10-13)15-19-20-16(23-15)12-6-3-2-4-7-12/h2-11H,1H3/t11-/m0/s1. The first-order valence-electron chi connectivity index (χ1n) is 6.99. The van der Waals surface area contributed by atoms with Gasteiger partial charge < -0.3 is 9.15 Å². The van der Waals surface area contributed by atoms with Gasteiger partial charge in [-0.15, -0.1) is 10.2 Å². The van der Waals surface area contributed by atoms with Crippen LogP contribution in [0.2, 0.25) is 0 Å². The van der Waals surface area contributed by atoms with Gasteiger partial charge in [0.1, 0.15) is 5.82 Å². The number of ether oxygens (including phenoxy) is 1. The first-order valence-corrected chi connectivity index (χ1v) is 6.99. The monoisotopic (exact) mass is 312 g/mol. The summed E-state index contributed by atoms with van der Waals surface area (Å²) < 4.78 is 23.9. The number of carbonyl (C=O) groups excluding carboxylic acids is 1. The summed E-state index contributed by atoms with van der Waals surface area (Å²) in [5.41, 5.74) is 0.898. The lowest BCUT2D eigenvalue weighted by molar-refractivity contribution is 0.0279. The van der Waals surface area contributed by atoms with Crippen molar-refractivity contribution in [3.8, 4) is 11.5 Å². The third kappa shape index (κ3) is 3.42. The van der Waals surface area contributed by atoms with Gasteiger partial charge in [0, 0.05) is 5.56 Å². The Bertz CT molecular complexity index is 817. The molecule has 0 radical (unpaired) electrons. The zero-order valence-electron chi connectivity index (χ0n) is 12.3. The summed E-state index contributed by atoms with van der Waals surface area (Å²) in [7, 11) is 0. The summed E-state index contributed by atoms with van der Waals surface area (Å²) in [5.74, 6) is -0.643. The molecule has 116 valence electrons. The molecular weight excluding hydrogens is 299 g/mol. The topological polar surface area (TPSA) is 65.2 Å². The Kier molecular flexibility index (Phi) is 4.14. The molecule has 0 bridgehead atoms. The lowest BCUT2D eigenvalue weighted by atomic mass is 10.2. The zero-order chi connectivity index (χ0) is 16.2. The molecule has 0 saturated carbocycles. The van der Waals surface area contributed by atoms with E-state index in [4.69, 9.17) is 9.15 Å². The number of hydrogen-bond acceptors (Lipinski definition) is 5. The van der Waals surface area contributed by atoms with E-state index in [1.807, 2.05) is 30.3 Å². The fourth-order valence-corrected chi connectivity index (χ4v) is 1.99. The Morgan fingerprint density at radius 2 is 1.91 bits per heavy atom. The van der Waals surface area contributed by atoms with E-state index in [1.54, 1.807) is 6.92 Å². The average Bonchev–Trinajstić information content (AvgIpc) is 3.06. The van der Waals surface area contributed by atoms with Crippen LogP contribution in [-0.2, 0) is 4.74 Å². The third-order valence-corrected chi connectivity index (χ3v) is 3.15. The Morgan fingerprint density at radius 3 is 2.65 bits per heavy atom. The molecule has 1 aromatic heterocycles. The van der Waals surface area contributed by atoms with Crippen LogP contribution in [0.1, 0.15) is 29.3 Å². The molecule has 3 aromatic rings. The van der Waals surface area contributed by atoms with Gasteiger partial charge in [0.05, 0.1) is 5.56 Å². The SMILES string of the molecule is C[C@H](OC(=O)c1cccc(F)c1)c1nnc(-c2ccccc2)o1. The minimum Gasteiger partial charge on any atom is -0.449 e. The number of rotatable bonds is 4. The Morgan fingerprint density at radius 1 is 1.13 bits per heavy atom. The fraction of sp³-hybridized carbons (Fsp3) is 0.118. The average molecular weight is 312 g/mol. The largest absolute Gasteiger partial charge is 0.449 e. The van der Waals surface area contributed by atoms with Crippen LogP contribution in [0.3, 0.4) is 0 Å². The van der Waals surface area contributed by atoms with Crippen LogP contribution in [0.25, 0.3) is 11.5 Å². The number of carbonyl (C=O) groups is 1. The Hall–Kier alpha value is -3.02. The molecule has 0 saturated heterocycles. The maximum atomic E-state index is 13.1. The van der Waals surface area contributed by atoms with E-state index in [2.05, 4.69) is 10.2 Å². The van der Waals surface area contributed by atoms with Gasteiger partial charge in [-0.05, 0) is 37.3 Å². The van der Waals surface area contributed by atoms with Crippen molar-refractivity contribution in [3.63, 3.8) is 0 Å². The maximum Gasteiger partial charge on any atom is 0.339 e. The summed E-state index contributed by atoms with van der Waals surface area (Å²) >= 11 is 0. The first-order chi connectivity index (χ1) is 11.1. The molecule has 0 fully saturated rings. The first kappa shape index (κ1) is 14.9. The van der Waals surface area contributed by atoms with Gasteiger partial charge >= 0.3 is 5.97 Å². The summed E-state index contributed by atoms with van der Waals surface area (Å²) in [6.45, 7) is 1.61. The fourth-order valence-electron chi connectivity index (χ4n) is 1.99. The van der Waals surface area contributed by atoms with E-state index in [0.717, 1.165) is 11.6 Å². The normalized spacial score (nSPS) is 11.9. The van der Waals surface area contributed by atoms with Crippen molar-refractivity contribution in [2.24, 2.45) is 0 Å². The van der Waals surface area contributed by atoms with Crippen molar-refractivity contribution >= 4 is 5.97 Å². The van der Waals surface area contributed by atoms with Crippen LogP contribution in [0, 0.1) is 5.82 Å². The highest BCUT2D eigenvalue weighted by Crippen LogP contribution is 2.22. The van der Waals surface area contributed by atoms with E-state index < -0.39 is 17.9 Å². The molecular formula is C17H13FN2O3. The lowest BCUT2D eigenvalue weighted by Crippen LogP contribution is -2.09. The lowest BCUT2D eigenvalue weighted by Gasteiger charge is -2.09. The molecule has 3 rings (SSSR count). The number of aromatic nitrogens is 2. The number of benzene rings is 2. The summed E-state index contributed by atoms with van der Waals surface area (Å²) in [6.07, 6.45) is -0.740. The summed E-state index contributed by atoms with van der Waals surface area (Å²) in [5, 5.41) is 7.82. The third-order valence-electron chi connectivity index (χ3n) is 3.15. The zero-order valence-corrected chi connectivity index (χ0v) is 12.3. The molecule has 0 spiro atoms. The summed E-state index contributed by atoms with van der Waals surface area (Å²) in [4.78, 5) is 12.0. The van der Waals surface area contributed by atoms with Gasteiger partial charge in [-0.25, -0.2) is 9.18 Å². The van der Waals surface area contributed by atoms with Crippen LogP contribution < -0.4 is 0 Å². The van der Waals surface area contributed by atoms with Crippen LogP contribution >= 0.6 is 0 Å². The predicted molar refractivity (Wildman–Crippen MR) is 80.0 cm³/mol. The highest BCUT2D eigenvalue weighted by atomic mass is 19.1. The maximum absolute atomic E-state index is 13.1. The van der Waals surface area contributed by atoms with Gasteiger partial charge in [0.15, 0.2) is 6.10 Å². The molecule has 23 heavy (non-hydrogen) atoms. The Balaban J connectivity index is 1.73. The van der Waals surface area contributed by atoms with Gasteiger partial charge in [-0.1, -0.05) is 24.3 Å². The molecule has 0 amide bonds. The number of hydrogen-bond donors (Lipinski definition) is 0. The van der Waals surface area contributed by atoms with Crippen molar-refractivity contribution in [2.75, 3.05) is 0 Å². The predicted octanol–water partition coefficient (Wildman–Crippen LogP) is 3.79. The molecule has 0 aliphatic heterocycles. The van der Waals surface area contributed by atoms with Crippen molar-refractivity contribution in [1.82, 2.24) is 10.2 Å². The van der Waals surface area contributed by atoms with E-state index >= 15 is 0 Å². The molecule has 1 heterocycles. The van der Waals surface area contributed by atoms with Gasteiger partial charge in [-0.3, -0.25) is 0 Å². The number of halogens is 1. The van der Waals surface area contributed by atoms with Gasteiger partial charge in [-0.2, -0.15) is 0 Å². The van der Waals surface area contributed by atoms with Crippen molar-refractivity contribution in [2.45, 2.75) is 13.0 Å². The molecule has 6 heteroatoms. The second-order valence-corrected chi connectivity index (χ2v) is 4.87. The van der Waals surface area contributed by atoms with Crippen LogP contribution in [0.15, 0.2) is 59.0 Å². The molecule has 2 aromatic carbocycles. The van der Waals surface area contributed by atoms with Crippen LogP contribution in [0.5, 0.6) is 0 Å². The Labute approximate surface area is 131 Å². The quantitative estimate of drug-likeness (QED) is 0.686. The second kappa shape index (κ2) is 6.39. The molecule has 1 atom stereocenters. The minimum absolute atomic E-state index is 0.125. The van der Waals surface area contributed by atoms with Crippen molar-refractivity contribution in [3.05, 3.63) is 71.9 Å². The summed E-state index contributed by atoms with van der Waals surface area (Å²) in [6, 6.07) is 14.5. The van der Waals surface area contributed by atoms with E-state index in [1.165, 1.54) is 18.2 Å². The highest BCUT2D eigenvalue weighted by Gasteiger charge is 2.20. The van der Waals surface area contributed by atoms with Gasteiger partial charge in [0.25, 0.3) is 5.89 Å². The second-order valence-electron chi connectivity index (χ2n) is 4.87. The van der Waals surface area contributed by atoms with Crippen molar-refractivity contribution < 1.29 is 18.3 Å². The minimum atomic E-state index is -0.740. The van der Waals surface area contributed by atoms with E-state index in [0.29, 0.717) is 5.89 Å². The van der Waals surface area contributed by atoms with E-state index in [-0.39, 0.29) is 11.5 Å². The number of nitrogens with zero attached hydrogens (tertiary/aromatic N) is 2.